The molecule has 0 aliphatic heterocycles. The molecule has 1 aromatic carbocycles. The molecule has 0 fully saturated rings. The van der Waals surface area contributed by atoms with Crippen LogP contribution in [-0.4, -0.2) is 9.55 Å². The maximum atomic E-state index is 11.1. The van der Waals surface area contributed by atoms with Crippen molar-refractivity contribution in [3.8, 4) is 11.8 Å². The molecule has 4 nitrogen and oxygen atoms in total. The first-order chi connectivity index (χ1) is 8.11. The number of halogens is 1. The van der Waals surface area contributed by atoms with Crippen LogP contribution in [0, 0.1) is 16.1 Å². The summed E-state index contributed by atoms with van der Waals surface area (Å²) in [5.74, 6) is 0. The minimum absolute atomic E-state index is 0.257. The number of nitrogens with one attached hydrogen (secondary N) is 1. The molecule has 1 heterocycles. The largest absolute Gasteiger partial charge is 0.299 e. The highest BCUT2D eigenvalue weighted by molar-refractivity contribution is 9.10. The average molecular weight is 308 g/mol. The van der Waals surface area contributed by atoms with Gasteiger partial charge in [-0.05, 0) is 30.4 Å². The summed E-state index contributed by atoms with van der Waals surface area (Å²) in [6.45, 7) is 0. The first-order valence-corrected chi connectivity index (χ1v) is 5.84. The molecule has 0 saturated heterocycles. The third-order valence-electron chi connectivity index (χ3n) is 2.16. The zero-order valence-electron chi connectivity index (χ0n) is 8.48. The Balaban J connectivity index is 2.77. The first kappa shape index (κ1) is 11.8. The predicted molar refractivity (Wildman–Crippen MR) is 69.6 cm³/mol. The molecule has 2 aromatic rings. The number of hydrogen-bond acceptors (Lipinski definition) is 3. The topological polar surface area (TPSA) is 61.6 Å². The Bertz CT molecular complexity index is 726. The molecular weight excluding hydrogens is 302 g/mol. The monoisotopic (exact) mass is 307 g/mol. The van der Waals surface area contributed by atoms with Crippen molar-refractivity contribution in [3.63, 3.8) is 0 Å². The Morgan fingerprint density at radius 2 is 2.18 bits per heavy atom. The van der Waals surface area contributed by atoms with Gasteiger partial charge in [0.2, 0.25) is 0 Å². The molecule has 0 amide bonds. The summed E-state index contributed by atoms with van der Waals surface area (Å²) >= 11 is 8.39. The molecule has 0 aliphatic carbocycles. The summed E-state index contributed by atoms with van der Waals surface area (Å²) in [6, 6.07) is 8.67. The van der Waals surface area contributed by atoms with Gasteiger partial charge in [0.05, 0.1) is 11.3 Å². The molecule has 0 spiro atoms. The van der Waals surface area contributed by atoms with Crippen LogP contribution >= 0.6 is 28.1 Å². The highest BCUT2D eigenvalue weighted by Gasteiger charge is 2.05. The first-order valence-electron chi connectivity index (χ1n) is 4.64. The van der Waals surface area contributed by atoms with E-state index in [1.54, 1.807) is 29.0 Å². The third-order valence-corrected chi connectivity index (χ3v) is 2.96. The van der Waals surface area contributed by atoms with Crippen molar-refractivity contribution in [2.75, 3.05) is 0 Å². The molecule has 0 radical (unpaired) electrons. The Morgan fingerprint density at radius 1 is 1.41 bits per heavy atom. The molecule has 84 valence electrons. The fourth-order valence-corrected chi connectivity index (χ4v) is 2.01. The quantitative estimate of drug-likeness (QED) is 0.824. The minimum atomic E-state index is -0.264. The van der Waals surface area contributed by atoms with Crippen molar-refractivity contribution in [2.24, 2.45) is 0 Å². The van der Waals surface area contributed by atoms with E-state index in [-0.39, 0.29) is 10.3 Å². The lowest BCUT2D eigenvalue weighted by Crippen LogP contribution is -2.10. The summed E-state index contributed by atoms with van der Waals surface area (Å²) in [6.07, 6.45) is 1.55. The van der Waals surface area contributed by atoms with Crippen LogP contribution in [-0.2, 0) is 0 Å². The van der Waals surface area contributed by atoms with Gasteiger partial charge in [0.15, 0.2) is 4.77 Å². The van der Waals surface area contributed by atoms with Crippen LogP contribution in [0.4, 0.5) is 0 Å². The SMILES string of the molecule is N#Cc1ccc(Br)cc1-n1ccc(=O)[nH]c1=S. The van der Waals surface area contributed by atoms with E-state index in [1.165, 1.54) is 6.07 Å². The van der Waals surface area contributed by atoms with Crippen LogP contribution in [0.5, 0.6) is 0 Å². The Labute approximate surface area is 110 Å². The van der Waals surface area contributed by atoms with Gasteiger partial charge < -0.3 is 0 Å². The second-order valence-corrected chi connectivity index (χ2v) is 4.56. The van der Waals surface area contributed by atoms with E-state index in [1.807, 2.05) is 0 Å². The van der Waals surface area contributed by atoms with E-state index < -0.39 is 0 Å². The number of H-pyrrole nitrogens is 1. The lowest BCUT2D eigenvalue weighted by Gasteiger charge is -2.08. The van der Waals surface area contributed by atoms with Gasteiger partial charge in [0, 0.05) is 16.7 Å². The lowest BCUT2D eigenvalue weighted by atomic mass is 10.2. The number of rotatable bonds is 1. The number of hydrogen-bond donors (Lipinski definition) is 1. The van der Waals surface area contributed by atoms with Gasteiger partial charge in [-0.25, -0.2) is 0 Å². The van der Waals surface area contributed by atoms with Gasteiger partial charge in [-0.15, -0.1) is 0 Å². The summed E-state index contributed by atoms with van der Waals surface area (Å²) in [5, 5.41) is 9.03. The van der Waals surface area contributed by atoms with E-state index in [2.05, 4.69) is 27.0 Å². The van der Waals surface area contributed by atoms with Crippen molar-refractivity contribution in [3.05, 3.63) is 55.6 Å². The van der Waals surface area contributed by atoms with Crippen LogP contribution in [0.15, 0.2) is 39.7 Å². The lowest BCUT2D eigenvalue weighted by molar-refractivity contribution is 0.933. The molecule has 0 bridgehead atoms. The molecule has 17 heavy (non-hydrogen) atoms. The molecule has 0 aliphatic rings. The van der Waals surface area contributed by atoms with Crippen molar-refractivity contribution in [1.29, 1.82) is 5.26 Å². The molecular formula is C11H6BrN3OS. The van der Waals surface area contributed by atoms with Crippen LogP contribution in [0.2, 0.25) is 0 Å². The Kier molecular flexibility index (Phi) is 3.22. The average Bonchev–Trinajstić information content (AvgIpc) is 2.29. The predicted octanol–water partition coefficient (Wildman–Crippen LogP) is 2.53. The second kappa shape index (κ2) is 4.65. The zero-order valence-corrected chi connectivity index (χ0v) is 10.9. The van der Waals surface area contributed by atoms with E-state index in [0.717, 1.165) is 4.47 Å². The number of aromatic amines is 1. The van der Waals surface area contributed by atoms with Crippen molar-refractivity contribution >= 4 is 28.1 Å². The van der Waals surface area contributed by atoms with Gasteiger partial charge in [-0.1, -0.05) is 15.9 Å². The highest BCUT2D eigenvalue weighted by atomic mass is 79.9. The third kappa shape index (κ3) is 2.35. The zero-order chi connectivity index (χ0) is 12.4. The summed E-state index contributed by atoms with van der Waals surface area (Å²) in [5.41, 5.74) is 0.847. The van der Waals surface area contributed by atoms with Crippen LogP contribution in [0.25, 0.3) is 5.69 Å². The number of nitrogens with zero attached hydrogens (tertiary/aromatic N) is 2. The molecule has 6 heteroatoms. The molecule has 0 saturated carbocycles. The summed E-state index contributed by atoms with van der Waals surface area (Å²) in [7, 11) is 0. The molecule has 1 aromatic heterocycles. The van der Waals surface area contributed by atoms with Gasteiger partial charge >= 0.3 is 0 Å². The van der Waals surface area contributed by atoms with Gasteiger partial charge in [0.25, 0.3) is 5.56 Å². The fraction of sp³-hybridized carbons (Fsp3) is 0. The van der Waals surface area contributed by atoms with Crippen molar-refractivity contribution < 1.29 is 0 Å². The Morgan fingerprint density at radius 3 is 2.82 bits per heavy atom. The minimum Gasteiger partial charge on any atom is -0.299 e. The smallest absolute Gasteiger partial charge is 0.251 e. The molecule has 0 atom stereocenters. The standard InChI is InChI=1S/C11H6BrN3OS/c12-8-2-1-7(6-13)9(5-8)15-4-3-10(16)14-11(15)17/h1-5H,(H,14,16,17). The summed E-state index contributed by atoms with van der Waals surface area (Å²) in [4.78, 5) is 13.6. The van der Waals surface area contributed by atoms with Gasteiger partial charge in [-0.2, -0.15) is 5.26 Å². The maximum Gasteiger partial charge on any atom is 0.251 e. The van der Waals surface area contributed by atoms with Crippen LogP contribution in [0.3, 0.4) is 0 Å². The van der Waals surface area contributed by atoms with E-state index in [0.29, 0.717) is 11.3 Å². The van der Waals surface area contributed by atoms with E-state index >= 15 is 0 Å². The van der Waals surface area contributed by atoms with Gasteiger partial charge in [-0.3, -0.25) is 14.3 Å². The molecule has 2 rings (SSSR count). The maximum absolute atomic E-state index is 11.1. The van der Waals surface area contributed by atoms with Crippen molar-refractivity contribution in [2.45, 2.75) is 0 Å². The van der Waals surface area contributed by atoms with Crippen LogP contribution in [0.1, 0.15) is 5.56 Å². The molecule has 1 N–H and O–H groups in total. The number of aromatic nitrogens is 2. The number of nitriles is 1. The highest BCUT2D eigenvalue weighted by Crippen LogP contribution is 2.19. The molecule has 0 unspecified atom stereocenters. The fourth-order valence-electron chi connectivity index (χ4n) is 1.41. The van der Waals surface area contributed by atoms with E-state index in [9.17, 15) is 4.79 Å². The summed E-state index contributed by atoms with van der Waals surface area (Å²) < 4.78 is 2.67. The normalized spacial score (nSPS) is 9.88. The van der Waals surface area contributed by atoms with E-state index in [4.69, 9.17) is 17.5 Å². The Hall–Kier alpha value is -1.71. The second-order valence-electron chi connectivity index (χ2n) is 3.25. The van der Waals surface area contributed by atoms with Gasteiger partial charge in [0.1, 0.15) is 6.07 Å². The van der Waals surface area contributed by atoms with Crippen LogP contribution < -0.4 is 5.56 Å². The number of benzene rings is 1. The van der Waals surface area contributed by atoms with Crippen molar-refractivity contribution in [1.82, 2.24) is 9.55 Å².